The Bertz CT molecular complexity index is 615. The number of likely N-dealkylation sites (tertiary alicyclic amines) is 1. The molecule has 6 heteroatoms. The highest BCUT2D eigenvalue weighted by atomic mass is 127. The van der Waals surface area contributed by atoms with Gasteiger partial charge < -0.3 is 14.8 Å². The van der Waals surface area contributed by atoms with Gasteiger partial charge in [0.2, 0.25) is 0 Å². The highest BCUT2D eigenvalue weighted by Gasteiger charge is 2.15. The SMILES string of the molecule is CCNC(=NCc1ccc(Cn2ccnc2)cc1)N1CCCC1.I. The number of halogens is 1. The summed E-state index contributed by atoms with van der Waals surface area (Å²) >= 11 is 0. The summed E-state index contributed by atoms with van der Waals surface area (Å²) in [5.41, 5.74) is 2.52. The molecular weight excluding hydrogens is 413 g/mol. The fourth-order valence-electron chi connectivity index (χ4n) is 2.86. The van der Waals surface area contributed by atoms with E-state index in [2.05, 4.69) is 51.0 Å². The maximum absolute atomic E-state index is 4.79. The molecule has 0 radical (unpaired) electrons. The van der Waals surface area contributed by atoms with Gasteiger partial charge in [-0.3, -0.25) is 0 Å². The number of benzene rings is 1. The molecule has 1 aliphatic heterocycles. The van der Waals surface area contributed by atoms with Crippen LogP contribution in [0.2, 0.25) is 0 Å². The van der Waals surface area contributed by atoms with Crippen LogP contribution in [-0.2, 0) is 13.1 Å². The number of hydrogen-bond donors (Lipinski definition) is 1. The molecule has 0 amide bonds. The zero-order chi connectivity index (χ0) is 15.9. The summed E-state index contributed by atoms with van der Waals surface area (Å²) in [4.78, 5) is 11.2. The Morgan fingerprint density at radius 1 is 1.17 bits per heavy atom. The fraction of sp³-hybridized carbons (Fsp3) is 0.444. The van der Waals surface area contributed by atoms with Gasteiger partial charge in [-0.05, 0) is 30.9 Å². The first-order chi connectivity index (χ1) is 11.3. The minimum absolute atomic E-state index is 0. The lowest BCUT2D eigenvalue weighted by molar-refractivity contribution is 0.493. The lowest BCUT2D eigenvalue weighted by atomic mass is 10.1. The maximum atomic E-state index is 4.79. The molecule has 3 rings (SSSR count). The molecular formula is C18H26IN5. The second-order valence-electron chi connectivity index (χ2n) is 5.92. The Hall–Kier alpha value is -1.57. The molecule has 5 nitrogen and oxygen atoms in total. The van der Waals surface area contributed by atoms with Gasteiger partial charge in [0.15, 0.2) is 5.96 Å². The van der Waals surface area contributed by atoms with Crippen LogP contribution in [0.1, 0.15) is 30.9 Å². The lowest BCUT2D eigenvalue weighted by Crippen LogP contribution is -2.39. The van der Waals surface area contributed by atoms with Gasteiger partial charge in [0.1, 0.15) is 0 Å². The average Bonchev–Trinajstić information content (AvgIpc) is 3.26. The number of hydrogen-bond acceptors (Lipinski definition) is 2. The molecule has 1 aliphatic rings. The highest BCUT2D eigenvalue weighted by molar-refractivity contribution is 14.0. The highest BCUT2D eigenvalue weighted by Crippen LogP contribution is 2.10. The number of rotatable bonds is 5. The van der Waals surface area contributed by atoms with Gasteiger partial charge >= 0.3 is 0 Å². The van der Waals surface area contributed by atoms with E-state index < -0.39 is 0 Å². The average molecular weight is 439 g/mol. The van der Waals surface area contributed by atoms with Crippen molar-refractivity contribution in [2.75, 3.05) is 19.6 Å². The topological polar surface area (TPSA) is 45.5 Å². The van der Waals surface area contributed by atoms with Gasteiger partial charge in [-0.1, -0.05) is 24.3 Å². The second kappa shape index (κ2) is 9.66. The summed E-state index contributed by atoms with van der Waals surface area (Å²) in [5.74, 6) is 1.05. The monoisotopic (exact) mass is 439 g/mol. The number of imidazole rings is 1. The molecule has 24 heavy (non-hydrogen) atoms. The van der Waals surface area contributed by atoms with Gasteiger partial charge in [-0.15, -0.1) is 24.0 Å². The molecule has 1 aromatic heterocycles. The molecule has 1 aromatic carbocycles. The van der Waals surface area contributed by atoms with Crippen molar-refractivity contribution < 1.29 is 0 Å². The smallest absolute Gasteiger partial charge is 0.194 e. The van der Waals surface area contributed by atoms with E-state index in [1.54, 1.807) is 0 Å². The van der Waals surface area contributed by atoms with E-state index in [0.29, 0.717) is 0 Å². The molecule has 1 saturated heterocycles. The molecule has 0 bridgehead atoms. The molecule has 0 aliphatic carbocycles. The van der Waals surface area contributed by atoms with Crippen LogP contribution in [0.3, 0.4) is 0 Å². The number of nitrogens with zero attached hydrogens (tertiary/aromatic N) is 4. The molecule has 2 heterocycles. The van der Waals surface area contributed by atoms with Gasteiger partial charge in [-0.2, -0.15) is 0 Å². The molecule has 130 valence electrons. The Morgan fingerprint density at radius 3 is 2.50 bits per heavy atom. The van der Waals surface area contributed by atoms with Crippen molar-refractivity contribution in [2.45, 2.75) is 32.9 Å². The van der Waals surface area contributed by atoms with Crippen molar-refractivity contribution in [3.05, 3.63) is 54.1 Å². The molecule has 1 N–H and O–H groups in total. The van der Waals surface area contributed by atoms with Crippen LogP contribution >= 0.6 is 24.0 Å². The van der Waals surface area contributed by atoms with E-state index in [-0.39, 0.29) is 24.0 Å². The summed E-state index contributed by atoms with van der Waals surface area (Å²) in [6, 6.07) is 8.69. The molecule has 0 atom stereocenters. The zero-order valence-corrected chi connectivity index (χ0v) is 16.5. The fourth-order valence-corrected chi connectivity index (χ4v) is 2.86. The summed E-state index contributed by atoms with van der Waals surface area (Å²) in [6.45, 7) is 6.87. The standard InChI is InChI=1S/C18H25N5.HI/c1-2-20-18(23-10-3-4-11-23)21-13-16-5-7-17(8-6-16)14-22-12-9-19-15-22;/h5-9,12,15H,2-4,10-11,13-14H2,1H3,(H,20,21);1H. The van der Waals surface area contributed by atoms with Crippen molar-refractivity contribution >= 4 is 29.9 Å². The van der Waals surface area contributed by atoms with Crippen molar-refractivity contribution in [1.82, 2.24) is 19.8 Å². The first kappa shape index (κ1) is 18.8. The Balaban J connectivity index is 0.00000208. The predicted molar refractivity (Wildman–Crippen MR) is 109 cm³/mol. The quantitative estimate of drug-likeness (QED) is 0.443. The number of nitrogens with one attached hydrogen (secondary N) is 1. The number of guanidine groups is 1. The van der Waals surface area contributed by atoms with Crippen LogP contribution < -0.4 is 5.32 Å². The summed E-state index contributed by atoms with van der Waals surface area (Å²) in [5, 5.41) is 3.40. The normalized spacial score (nSPS) is 14.5. The van der Waals surface area contributed by atoms with Crippen LogP contribution in [0.15, 0.2) is 48.0 Å². The zero-order valence-electron chi connectivity index (χ0n) is 14.2. The van der Waals surface area contributed by atoms with Crippen molar-refractivity contribution in [2.24, 2.45) is 4.99 Å². The summed E-state index contributed by atoms with van der Waals surface area (Å²) in [7, 11) is 0. The van der Waals surface area contributed by atoms with E-state index in [1.165, 1.54) is 24.0 Å². The Morgan fingerprint density at radius 2 is 1.88 bits per heavy atom. The van der Waals surface area contributed by atoms with Crippen molar-refractivity contribution in [1.29, 1.82) is 0 Å². The third-order valence-corrected chi connectivity index (χ3v) is 4.10. The van der Waals surface area contributed by atoms with E-state index in [0.717, 1.165) is 38.7 Å². The first-order valence-electron chi connectivity index (χ1n) is 8.42. The van der Waals surface area contributed by atoms with Crippen LogP contribution in [0.25, 0.3) is 0 Å². The van der Waals surface area contributed by atoms with Crippen LogP contribution in [0.4, 0.5) is 0 Å². The third kappa shape index (κ3) is 5.22. The first-order valence-corrected chi connectivity index (χ1v) is 8.42. The van der Waals surface area contributed by atoms with Crippen molar-refractivity contribution in [3.8, 4) is 0 Å². The van der Waals surface area contributed by atoms with E-state index in [4.69, 9.17) is 4.99 Å². The van der Waals surface area contributed by atoms with Gasteiger partial charge in [0.25, 0.3) is 0 Å². The minimum atomic E-state index is 0. The van der Waals surface area contributed by atoms with Crippen LogP contribution in [0.5, 0.6) is 0 Å². The third-order valence-electron chi connectivity index (χ3n) is 4.10. The molecule has 0 saturated carbocycles. The molecule has 0 spiro atoms. The van der Waals surface area contributed by atoms with Gasteiger partial charge in [0.05, 0.1) is 12.9 Å². The van der Waals surface area contributed by atoms with Gasteiger partial charge in [-0.25, -0.2) is 9.98 Å². The largest absolute Gasteiger partial charge is 0.357 e. The van der Waals surface area contributed by atoms with E-state index in [9.17, 15) is 0 Å². The molecule has 0 unspecified atom stereocenters. The molecule has 1 fully saturated rings. The Kier molecular flexibility index (Phi) is 7.55. The lowest BCUT2D eigenvalue weighted by Gasteiger charge is -2.20. The second-order valence-corrected chi connectivity index (χ2v) is 5.92. The van der Waals surface area contributed by atoms with Crippen LogP contribution in [-0.4, -0.2) is 40.0 Å². The van der Waals surface area contributed by atoms with Crippen LogP contribution in [0, 0.1) is 0 Å². The Labute approximate surface area is 161 Å². The summed E-state index contributed by atoms with van der Waals surface area (Å²) < 4.78 is 2.07. The van der Waals surface area contributed by atoms with Gasteiger partial charge in [0, 0.05) is 38.6 Å². The van der Waals surface area contributed by atoms with E-state index >= 15 is 0 Å². The number of aromatic nitrogens is 2. The summed E-state index contributed by atoms with van der Waals surface area (Å²) in [6.07, 6.45) is 8.18. The number of aliphatic imine (C=N–C) groups is 1. The predicted octanol–water partition coefficient (Wildman–Crippen LogP) is 3.11. The minimum Gasteiger partial charge on any atom is -0.357 e. The maximum Gasteiger partial charge on any atom is 0.194 e. The van der Waals surface area contributed by atoms with E-state index in [1.807, 2.05) is 18.7 Å². The van der Waals surface area contributed by atoms with Crippen molar-refractivity contribution in [3.63, 3.8) is 0 Å². The molecule has 2 aromatic rings.